The lowest BCUT2D eigenvalue weighted by Gasteiger charge is -2.44. The Morgan fingerprint density at radius 1 is 1.10 bits per heavy atom. The van der Waals surface area contributed by atoms with Gasteiger partial charge in [-0.15, -0.1) is 0 Å². The van der Waals surface area contributed by atoms with Gasteiger partial charge in [-0.05, 0) is 64.6 Å². The van der Waals surface area contributed by atoms with E-state index < -0.39 is 22.0 Å². The van der Waals surface area contributed by atoms with E-state index in [1.165, 1.54) is 6.20 Å². The Labute approximate surface area is 247 Å². The third-order valence-corrected chi connectivity index (χ3v) is 10.4. The van der Waals surface area contributed by atoms with Gasteiger partial charge in [-0.3, -0.25) is 4.79 Å². The van der Waals surface area contributed by atoms with Gasteiger partial charge in [0, 0.05) is 30.2 Å². The van der Waals surface area contributed by atoms with Crippen LogP contribution >= 0.6 is 0 Å². The van der Waals surface area contributed by atoms with Crippen LogP contribution in [0, 0.1) is 5.92 Å². The number of benzene rings is 2. The van der Waals surface area contributed by atoms with Crippen LogP contribution in [0.15, 0.2) is 71.8 Å². The van der Waals surface area contributed by atoms with Crippen LogP contribution in [0.1, 0.15) is 39.5 Å². The number of rotatable bonds is 9. The van der Waals surface area contributed by atoms with Crippen molar-refractivity contribution >= 4 is 21.8 Å². The molecule has 42 heavy (non-hydrogen) atoms. The highest BCUT2D eigenvalue weighted by Gasteiger charge is 2.44. The van der Waals surface area contributed by atoms with Crippen LogP contribution in [0.3, 0.4) is 0 Å². The van der Waals surface area contributed by atoms with Crippen LogP contribution in [0.4, 0.5) is 4.79 Å². The zero-order valence-electron chi connectivity index (χ0n) is 24.3. The minimum Gasteiger partial charge on any atom is -0.392 e. The predicted molar refractivity (Wildman–Crippen MR) is 160 cm³/mol. The van der Waals surface area contributed by atoms with Gasteiger partial charge in [-0.2, -0.15) is 0 Å². The van der Waals surface area contributed by atoms with E-state index in [0.29, 0.717) is 42.6 Å². The summed E-state index contributed by atoms with van der Waals surface area (Å²) < 4.78 is 32.2. The average Bonchev–Trinajstić information content (AvgIpc) is 3.59. The highest BCUT2D eigenvalue weighted by Crippen LogP contribution is 2.36. The Hall–Kier alpha value is -3.70. The number of hydrogen-bond donors (Lipinski definition) is 2. The number of sulfone groups is 1. The number of H-pyrrole nitrogens is 1. The molecule has 0 bridgehead atoms. The van der Waals surface area contributed by atoms with Crippen LogP contribution in [-0.2, 0) is 14.6 Å². The van der Waals surface area contributed by atoms with Gasteiger partial charge in [0.1, 0.15) is 11.9 Å². The second kappa shape index (κ2) is 12.7. The van der Waals surface area contributed by atoms with Gasteiger partial charge in [-0.1, -0.05) is 48.5 Å². The first-order valence-electron chi connectivity index (χ1n) is 14.5. The fourth-order valence-corrected chi connectivity index (χ4v) is 7.83. The van der Waals surface area contributed by atoms with Gasteiger partial charge < -0.3 is 24.8 Å². The van der Waals surface area contributed by atoms with Gasteiger partial charge in [0.25, 0.3) is 0 Å². The van der Waals surface area contributed by atoms with Crippen LogP contribution in [0.25, 0.3) is 11.4 Å². The van der Waals surface area contributed by atoms with Crippen molar-refractivity contribution in [3.63, 3.8) is 0 Å². The fraction of sp³-hybridized carbons (Fsp3) is 0.452. The first kappa shape index (κ1) is 29.8. The van der Waals surface area contributed by atoms with Gasteiger partial charge in [0.15, 0.2) is 9.84 Å². The lowest BCUT2D eigenvalue weighted by atomic mass is 9.81. The maximum Gasteiger partial charge on any atom is 0.414 e. The maximum absolute atomic E-state index is 13.6. The lowest BCUT2D eigenvalue weighted by Crippen LogP contribution is -2.53. The zero-order valence-corrected chi connectivity index (χ0v) is 25.1. The Bertz CT molecular complexity index is 1480. The summed E-state index contributed by atoms with van der Waals surface area (Å²) in [5, 5.41) is 2.70. The van der Waals surface area contributed by atoms with Crippen LogP contribution in [0.5, 0.6) is 5.88 Å². The number of hydrogen-bond acceptors (Lipinski definition) is 7. The molecule has 2 fully saturated rings. The molecule has 1 aliphatic heterocycles. The summed E-state index contributed by atoms with van der Waals surface area (Å²) in [5.74, 6) is 0.275. The quantitative estimate of drug-likeness (QED) is 0.383. The molecule has 1 aliphatic carbocycles. The molecule has 2 aromatic carbocycles. The molecule has 2 aliphatic rings. The first-order valence-corrected chi connectivity index (χ1v) is 16.2. The summed E-state index contributed by atoms with van der Waals surface area (Å²) >= 11 is 0. The normalized spacial score (nSPS) is 23.0. The van der Waals surface area contributed by atoms with Crippen molar-refractivity contribution in [2.75, 3.05) is 19.3 Å². The molecule has 224 valence electrons. The van der Waals surface area contributed by atoms with E-state index in [2.05, 4.69) is 41.1 Å². The molecule has 5 rings (SSSR count). The second-order valence-electron chi connectivity index (χ2n) is 11.5. The number of nitrogens with zero attached hydrogens (tertiary/aromatic N) is 3. The van der Waals surface area contributed by atoms with Crippen LogP contribution in [0.2, 0.25) is 0 Å². The van der Waals surface area contributed by atoms with Gasteiger partial charge in [0.05, 0.1) is 16.8 Å². The molecule has 10 nitrogen and oxygen atoms in total. The molecule has 11 heteroatoms. The molecular formula is C31H39N5O5S. The molecule has 4 atom stereocenters. The van der Waals surface area contributed by atoms with E-state index in [-0.39, 0.29) is 35.5 Å². The second-order valence-corrected chi connectivity index (χ2v) is 13.6. The number of ether oxygens (including phenoxy) is 1. The third kappa shape index (κ3) is 6.68. The maximum atomic E-state index is 13.6. The van der Waals surface area contributed by atoms with Crippen LogP contribution in [-0.4, -0.2) is 83.7 Å². The number of carbonyl (C=O) groups is 2. The first-order chi connectivity index (χ1) is 20.1. The van der Waals surface area contributed by atoms with E-state index in [1.807, 2.05) is 30.3 Å². The summed E-state index contributed by atoms with van der Waals surface area (Å²) in [6, 6.07) is 17.6. The van der Waals surface area contributed by atoms with Crippen molar-refractivity contribution < 1.29 is 22.7 Å². The fourth-order valence-electron chi connectivity index (χ4n) is 6.15. The summed E-state index contributed by atoms with van der Waals surface area (Å²) in [6.45, 7) is 4.71. The third-order valence-electron chi connectivity index (χ3n) is 8.58. The molecule has 0 spiro atoms. The highest BCUT2D eigenvalue weighted by molar-refractivity contribution is 7.91. The van der Waals surface area contributed by atoms with Gasteiger partial charge in [-0.25, -0.2) is 18.2 Å². The summed E-state index contributed by atoms with van der Waals surface area (Å²) in [4.78, 5) is 37.9. The summed E-state index contributed by atoms with van der Waals surface area (Å²) in [7, 11) is -1.47. The molecule has 2 amide bonds. The number of aromatic amines is 1. The minimum atomic E-state index is -3.55. The van der Waals surface area contributed by atoms with Crippen molar-refractivity contribution in [2.24, 2.45) is 5.92 Å². The Kier molecular flexibility index (Phi) is 8.98. The zero-order chi connectivity index (χ0) is 29.9. The molecule has 3 aromatic rings. The number of imidazole rings is 1. The summed E-state index contributed by atoms with van der Waals surface area (Å²) in [6.07, 6.45) is 3.36. The molecule has 2 heterocycles. The van der Waals surface area contributed by atoms with E-state index in [0.717, 1.165) is 12.0 Å². The Morgan fingerprint density at radius 3 is 2.48 bits per heavy atom. The number of nitrogens with one attached hydrogen (secondary N) is 2. The van der Waals surface area contributed by atoms with E-state index >= 15 is 0 Å². The number of amides is 2. The molecule has 1 saturated heterocycles. The lowest BCUT2D eigenvalue weighted by molar-refractivity contribution is -0.133. The average molecular weight is 594 g/mol. The van der Waals surface area contributed by atoms with Crippen molar-refractivity contribution in [1.82, 2.24) is 25.1 Å². The van der Waals surface area contributed by atoms with Crippen molar-refractivity contribution in [2.45, 2.75) is 68.6 Å². The van der Waals surface area contributed by atoms with Crippen LogP contribution < -0.4 is 10.1 Å². The Morgan fingerprint density at radius 2 is 1.79 bits per heavy atom. The van der Waals surface area contributed by atoms with Gasteiger partial charge in [0.2, 0.25) is 11.8 Å². The molecule has 1 unspecified atom stereocenters. The molecular weight excluding hydrogens is 554 g/mol. The van der Waals surface area contributed by atoms with Gasteiger partial charge >= 0.3 is 6.09 Å². The standard InChI is InChI=1S/C31H39N5O5S/c1-21(2)35(3)24-14-15-27(23(18-24)20-42(39,40)25-12-8-5-9-13-25)36-17-16-26(30(36)37)33-31(38)41-28-19-32-29(34-28)22-10-6-4-7-11-22/h4-13,19,21,23-24,26-27H,14-18,20H2,1-3H3,(H,32,34)(H,33,38)/t23-,24+,26-,27?/m0/s1. The van der Waals surface area contributed by atoms with Crippen molar-refractivity contribution in [1.29, 1.82) is 0 Å². The predicted octanol–water partition coefficient (Wildman–Crippen LogP) is 4.12. The molecule has 0 radical (unpaired) electrons. The smallest absolute Gasteiger partial charge is 0.392 e. The van der Waals surface area contributed by atoms with E-state index in [9.17, 15) is 18.0 Å². The molecule has 2 N–H and O–H groups in total. The van der Waals surface area contributed by atoms with Crippen molar-refractivity contribution in [3.8, 4) is 17.3 Å². The largest absolute Gasteiger partial charge is 0.414 e. The number of aromatic nitrogens is 2. The number of carbonyl (C=O) groups excluding carboxylic acids is 2. The molecule has 1 aromatic heterocycles. The van der Waals surface area contributed by atoms with E-state index in [1.54, 1.807) is 35.2 Å². The molecule has 1 saturated carbocycles. The minimum absolute atomic E-state index is 0.0302. The monoisotopic (exact) mass is 593 g/mol. The topological polar surface area (TPSA) is 125 Å². The van der Waals surface area contributed by atoms with E-state index in [4.69, 9.17) is 4.74 Å². The number of likely N-dealkylation sites (tertiary alicyclic amines) is 1. The van der Waals surface area contributed by atoms with Crippen molar-refractivity contribution in [3.05, 3.63) is 66.9 Å². The SMILES string of the molecule is CC(C)N(C)[C@@H]1CCC(N2CC[C@H](NC(=O)Oc3cnc(-c4ccccc4)[nH]3)C2=O)[C@H](CS(=O)(=O)c2ccccc2)C1. The highest BCUT2D eigenvalue weighted by atomic mass is 32.2. The Balaban J connectivity index is 1.26. The summed E-state index contributed by atoms with van der Waals surface area (Å²) in [5.41, 5.74) is 0.854.